The molecule has 0 radical (unpaired) electrons. The van der Waals surface area contributed by atoms with Gasteiger partial charge in [0.1, 0.15) is 22.4 Å². The zero-order chi connectivity index (χ0) is 27.6. The Morgan fingerprint density at radius 3 is 2.68 bits per heavy atom. The second-order valence-corrected chi connectivity index (χ2v) is 11.9. The number of anilines is 1. The van der Waals surface area contributed by atoms with Gasteiger partial charge < -0.3 is 29.3 Å². The van der Waals surface area contributed by atoms with Gasteiger partial charge in [-0.15, -0.1) is 11.3 Å². The minimum absolute atomic E-state index is 0.136. The molecule has 1 aliphatic rings. The van der Waals surface area contributed by atoms with Crippen LogP contribution in [0.15, 0.2) is 33.8 Å². The van der Waals surface area contributed by atoms with Gasteiger partial charge in [-0.2, -0.15) is 5.26 Å². The van der Waals surface area contributed by atoms with Crippen LogP contribution in [0.4, 0.5) is 9.80 Å². The Bertz CT molecular complexity index is 1390. The van der Waals surface area contributed by atoms with E-state index in [-0.39, 0.29) is 5.03 Å². The number of nitrogens with zero attached hydrogens (tertiary/aromatic N) is 4. The summed E-state index contributed by atoms with van der Waals surface area (Å²) < 4.78 is 16.8. The van der Waals surface area contributed by atoms with E-state index in [0.29, 0.717) is 41.5 Å². The van der Waals surface area contributed by atoms with Crippen molar-refractivity contribution in [1.29, 1.82) is 5.26 Å². The van der Waals surface area contributed by atoms with Crippen molar-refractivity contribution in [2.45, 2.75) is 56.5 Å². The Morgan fingerprint density at radius 2 is 2.05 bits per heavy atom. The molecule has 1 unspecified atom stereocenters. The fourth-order valence-corrected chi connectivity index (χ4v) is 5.84. The molecule has 1 atom stereocenters. The first-order chi connectivity index (χ1) is 18.0. The SMILES string of the molecule is COc1ccc(-[n+]2noc([O-])c2SC(C)C(=O)Nc2sc3c(c2C#N)CCN(C(=O)OC(C)(C)C)C3)cc1. The Kier molecular flexibility index (Phi) is 7.84. The van der Waals surface area contributed by atoms with E-state index < -0.39 is 28.8 Å². The van der Waals surface area contributed by atoms with Crippen LogP contribution in [0.25, 0.3) is 5.69 Å². The van der Waals surface area contributed by atoms with Crippen molar-refractivity contribution in [1.82, 2.24) is 10.2 Å². The number of aromatic nitrogens is 2. The largest absolute Gasteiger partial charge is 0.538 e. The van der Waals surface area contributed by atoms with E-state index in [1.807, 2.05) is 0 Å². The number of nitriles is 1. The number of carbonyl (C=O) groups is 2. The molecule has 4 rings (SSSR count). The molecule has 38 heavy (non-hydrogen) atoms. The molecular weight excluding hydrogens is 530 g/mol. The molecule has 0 fully saturated rings. The number of benzene rings is 1. The first-order valence-corrected chi connectivity index (χ1v) is 13.4. The van der Waals surface area contributed by atoms with E-state index in [1.165, 1.54) is 16.0 Å². The molecule has 2 amide bonds. The highest BCUT2D eigenvalue weighted by molar-refractivity contribution is 8.00. The van der Waals surface area contributed by atoms with E-state index in [1.54, 1.807) is 64.0 Å². The van der Waals surface area contributed by atoms with Gasteiger partial charge in [0.15, 0.2) is 5.95 Å². The van der Waals surface area contributed by atoms with Crippen molar-refractivity contribution in [2.75, 3.05) is 19.0 Å². The van der Waals surface area contributed by atoms with E-state index in [4.69, 9.17) is 14.0 Å². The third-order valence-corrected chi connectivity index (χ3v) is 7.87. The summed E-state index contributed by atoms with van der Waals surface area (Å²) in [5, 5.41) is 28.6. The number of hydrogen-bond donors (Lipinski definition) is 1. The lowest BCUT2D eigenvalue weighted by Gasteiger charge is -2.29. The molecule has 1 N–H and O–H groups in total. The third kappa shape index (κ3) is 5.87. The highest BCUT2D eigenvalue weighted by Crippen LogP contribution is 2.38. The molecular formula is C25H27N5O6S2. The Labute approximate surface area is 227 Å². The number of nitrogens with one attached hydrogen (secondary N) is 1. The fraction of sp³-hybridized carbons (Fsp3) is 0.400. The molecule has 11 nitrogen and oxygen atoms in total. The molecule has 1 aliphatic heterocycles. The summed E-state index contributed by atoms with van der Waals surface area (Å²) in [5.41, 5.74) is 1.17. The van der Waals surface area contributed by atoms with Crippen LogP contribution in [0.3, 0.4) is 0 Å². The number of ether oxygens (including phenoxy) is 2. The maximum Gasteiger partial charge on any atom is 0.410 e. The predicted molar refractivity (Wildman–Crippen MR) is 137 cm³/mol. The summed E-state index contributed by atoms with van der Waals surface area (Å²) in [4.78, 5) is 28.0. The number of hydrogen-bond acceptors (Lipinski definition) is 10. The second-order valence-electron chi connectivity index (χ2n) is 9.50. The minimum atomic E-state index is -0.712. The number of carbonyl (C=O) groups excluding carboxylic acids is 2. The zero-order valence-corrected chi connectivity index (χ0v) is 23.2. The summed E-state index contributed by atoms with van der Waals surface area (Å²) in [6, 6.07) is 9.06. The molecule has 3 heterocycles. The van der Waals surface area contributed by atoms with Crippen LogP contribution in [0, 0.1) is 11.3 Å². The molecule has 1 aromatic carbocycles. The number of thiophene rings is 1. The van der Waals surface area contributed by atoms with Gasteiger partial charge in [0.05, 0.1) is 29.7 Å². The van der Waals surface area contributed by atoms with Gasteiger partial charge in [-0.05, 0) is 68.3 Å². The Hall–Kier alpha value is -3.76. The van der Waals surface area contributed by atoms with Crippen LogP contribution in [0.1, 0.15) is 43.7 Å². The van der Waals surface area contributed by atoms with E-state index >= 15 is 0 Å². The molecule has 0 bridgehead atoms. The van der Waals surface area contributed by atoms with Gasteiger partial charge in [0.2, 0.25) is 11.6 Å². The van der Waals surface area contributed by atoms with Crippen molar-refractivity contribution >= 4 is 40.1 Å². The number of amides is 2. The molecule has 13 heteroatoms. The van der Waals surface area contributed by atoms with Gasteiger partial charge in [-0.25, -0.2) is 4.79 Å². The lowest BCUT2D eigenvalue weighted by atomic mass is 10.0. The summed E-state index contributed by atoms with van der Waals surface area (Å²) in [5.74, 6) is -0.420. The first-order valence-electron chi connectivity index (χ1n) is 11.7. The number of thioether (sulfide) groups is 1. The average molecular weight is 558 g/mol. The van der Waals surface area contributed by atoms with E-state index in [9.17, 15) is 20.0 Å². The molecule has 200 valence electrons. The topological polar surface area (TPSA) is 145 Å². The van der Waals surface area contributed by atoms with Crippen molar-refractivity contribution in [2.24, 2.45) is 0 Å². The highest BCUT2D eigenvalue weighted by Gasteiger charge is 2.31. The molecule has 0 spiro atoms. The molecule has 2 aromatic heterocycles. The number of fused-ring (bicyclic) bond motifs is 1. The monoisotopic (exact) mass is 557 g/mol. The predicted octanol–water partition coefficient (Wildman–Crippen LogP) is 3.38. The summed E-state index contributed by atoms with van der Waals surface area (Å²) in [6.45, 7) is 7.78. The molecule has 0 aliphatic carbocycles. The van der Waals surface area contributed by atoms with Crippen molar-refractivity contribution in [3.8, 4) is 23.5 Å². The van der Waals surface area contributed by atoms with Crippen molar-refractivity contribution < 1.29 is 33.4 Å². The Morgan fingerprint density at radius 1 is 1.34 bits per heavy atom. The van der Waals surface area contributed by atoms with Gasteiger partial charge in [0, 0.05) is 23.6 Å². The normalized spacial score (nSPS) is 13.8. The first kappa shape index (κ1) is 27.3. The summed E-state index contributed by atoms with van der Waals surface area (Å²) >= 11 is 2.26. The van der Waals surface area contributed by atoms with Gasteiger partial charge in [0.25, 0.3) is 5.03 Å². The smallest absolute Gasteiger partial charge is 0.410 e. The minimum Gasteiger partial charge on any atom is -0.538 e. The van der Waals surface area contributed by atoms with Crippen molar-refractivity contribution in [3.63, 3.8) is 0 Å². The molecule has 3 aromatic rings. The van der Waals surface area contributed by atoms with Crippen LogP contribution in [-0.2, 0) is 22.5 Å². The summed E-state index contributed by atoms with van der Waals surface area (Å²) in [7, 11) is 1.55. The van der Waals surface area contributed by atoms with Crippen molar-refractivity contribution in [3.05, 3.63) is 40.3 Å². The van der Waals surface area contributed by atoms with E-state index in [2.05, 4.69) is 16.7 Å². The molecule has 0 saturated heterocycles. The van der Waals surface area contributed by atoms with Gasteiger partial charge in [-0.3, -0.25) is 4.79 Å². The Balaban J connectivity index is 1.48. The van der Waals surface area contributed by atoms with Gasteiger partial charge >= 0.3 is 6.09 Å². The maximum atomic E-state index is 13.1. The van der Waals surface area contributed by atoms with Crippen LogP contribution < -0.4 is 19.8 Å². The highest BCUT2D eigenvalue weighted by atomic mass is 32.2. The number of methoxy groups -OCH3 is 1. The lowest BCUT2D eigenvalue weighted by molar-refractivity contribution is -0.705. The zero-order valence-electron chi connectivity index (χ0n) is 21.6. The van der Waals surface area contributed by atoms with Crippen LogP contribution in [-0.4, -0.2) is 46.7 Å². The lowest BCUT2D eigenvalue weighted by Crippen LogP contribution is -2.39. The fourth-order valence-electron chi connectivity index (χ4n) is 3.75. The standard InChI is InChI=1S/C25H27N5O6S2/c1-14(37-22-23(32)36-28-30(22)15-6-8-16(34-5)9-7-15)20(31)27-21-18(12-26)17-10-11-29(13-19(17)38-21)24(33)35-25(2,3)4/h6-9,14H,10-11,13H2,1-5H3,(H-,27,28,31,32). The van der Waals surface area contributed by atoms with Crippen LogP contribution >= 0.6 is 23.1 Å². The third-order valence-electron chi connectivity index (χ3n) is 5.60. The quantitative estimate of drug-likeness (QED) is 0.356. The molecule has 0 saturated carbocycles. The average Bonchev–Trinajstić information content (AvgIpc) is 3.41. The van der Waals surface area contributed by atoms with E-state index in [0.717, 1.165) is 22.2 Å². The number of rotatable bonds is 6. The maximum absolute atomic E-state index is 13.1. The second kappa shape index (κ2) is 10.9. The summed E-state index contributed by atoms with van der Waals surface area (Å²) in [6.07, 6.45) is 0.0638. The van der Waals surface area contributed by atoms with Crippen LogP contribution in [0.5, 0.6) is 11.7 Å². The van der Waals surface area contributed by atoms with Crippen LogP contribution in [0.2, 0.25) is 0 Å². The van der Waals surface area contributed by atoms with Gasteiger partial charge in [-0.1, -0.05) is 0 Å².